The van der Waals surface area contributed by atoms with Crippen LogP contribution in [-0.2, 0) is 14.4 Å². The predicted octanol–water partition coefficient (Wildman–Crippen LogP) is 5.07. The minimum Gasteiger partial charge on any atom is -0.326 e. The first-order valence-corrected chi connectivity index (χ1v) is 10.0. The van der Waals surface area contributed by atoms with E-state index in [0.717, 1.165) is 46.5 Å². The van der Waals surface area contributed by atoms with Crippen molar-refractivity contribution in [1.82, 2.24) is 0 Å². The molecule has 0 radical (unpaired) electrons. The van der Waals surface area contributed by atoms with Crippen LogP contribution >= 0.6 is 0 Å². The number of anilines is 2. The lowest BCUT2D eigenvalue weighted by Crippen LogP contribution is -2.18. The summed E-state index contributed by atoms with van der Waals surface area (Å²) < 4.78 is 0. The Morgan fingerprint density at radius 3 is 1.47 bits per heavy atom. The lowest BCUT2D eigenvalue weighted by Gasteiger charge is -2.22. The molecule has 0 aromatic heterocycles. The van der Waals surface area contributed by atoms with Crippen LogP contribution in [-0.4, -0.2) is 17.6 Å². The third-order valence-corrected chi connectivity index (χ3v) is 4.86. The maximum Gasteiger partial charge on any atom is 0.221 e. The second kappa shape index (κ2) is 9.35. The maximum absolute atomic E-state index is 13.1. The molecule has 2 aromatic rings. The Balaban J connectivity index is 1.80. The largest absolute Gasteiger partial charge is 0.326 e. The van der Waals surface area contributed by atoms with Gasteiger partial charge in [-0.25, -0.2) is 0 Å². The van der Waals surface area contributed by atoms with Gasteiger partial charge in [0.05, 0.1) is 0 Å². The van der Waals surface area contributed by atoms with Crippen molar-refractivity contribution >= 4 is 41.1 Å². The highest BCUT2D eigenvalue weighted by Gasteiger charge is 2.25. The smallest absolute Gasteiger partial charge is 0.221 e. The molecule has 5 nitrogen and oxygen atoms in total. The van der Waals surface area contributed by atoms with Crippen LogP contribution in [0.2, 0.25) is 0 Å². The van der Waals surface area contributed by atoms with Gasteiger partial charge in [-0.1, -0.05) is 31.2 Å². The van der Waals surface area contributed by atoms with Crippen LogP contribution in [0.5, 0.6) is 0 Å². The quantitative estimate of drug-likeness (QED) is 0.701. The fraction of sp³-hybridized carbons (Fsp3) is 0.240. The van der Waals surface area contributed by atoms with Crippen molar-refractivity contribution in [2.24, 2.45) is 5.92 Å². The zero-order valence-corrected chi connectivity index (χ0v) is 17.5. The second-order valence-corrected chi connectivity index (χ2v) is 7.79. The number of carbonyl (C=O) groups is 3. The maximum atomic E-state index is 13.1. The van der Waals surface area contributed by atoms with Crippen molar-refractivity contribution in [2.45, 2.75) is 33.6 Å². The molecule has 1 fully saturated rings. The summed E-state index contributed by atoms with van der Waals surface area (Å²) in [6.07, 6.45) is 5.35. The number of amides is 2. The Kier molecular flexibility index (Phi) is 6.62. The van der Waals surface area contributed by atoms with E-state index in [1.54, 1.807) is 0 Å². The second-order valence-electron chi connectivity index (χ2n) is 7.79. The molecule has 2 aromatic carbocycles. The van der Waals surface area contributed by atoms with Crippen molar-refractivity contribution in [2.75, 3.05) is 10.6 Å². The van der Waals surface area contributed by atoms with Gasteiger partial charge in [-0.2, -0.15) is 0 Å². The first kappa shape index (κ1) is 21.2. The van der Waals surface area contributed by atoms with E-state index in [2.05, 4.69) is 17.6 Å². The van der Waals surface area contributed by atoms with Crippen molar-refractivity contribution in [3.8, 4) is 0 Å². The molecule has 1 saturated carbocycles. The molecule has 0 aliphatic heterocycles. The number of benzene rings is 2. The molecule has 3 rings (SSSR count). The zero-order valence-electron chi connectivity index (χ0n) is 17.5. The van der Waals surface area contributed by atoms with Gasteiger partial charge in [-0.05, 0) is 66.3 Å². The Morgan fingerprint density at radius 2 is 1.13 bits per heavy atom. The van der Waals surface area contributed by atoms with Crippen LogP contribution in [0.25, 0.3) is 12.2 Å². The molecule has 0 heterocycles. The van der Waals surface area contributed by atoms with Gasteiger partial charge in [-0.15, -0.1) is 0 Å². The van der Waals surface area contributed by atoms with E-state index in [-0.39, 0.29) is 17.6 Å². The number of hydrogen-bond acceptors (Lipinski definition) is 3. The standard InChI is InChI=1S/C25H26N2O3/c1-16-12-21(14-19-4-8-23(9-5-19)26-17(2)28)25(30)22(13-16)15-20-6-10-24(11-7-20)27-18(3)29/h4-11,14-16H,12-13H2,1-3H3,(H,26,28)(H,27,29)/b21-14-,22-15-. The van der Waals surface area contributed by atoms with Crippen LogP contribution in [0.4, 0.5) is 11.4 Å². The summed E-state index contributed by atoms with van der Waals surface area (Å²) >= 11 is 0. The van der Waals surface area contributed by atoms with Gasteiger partial charge < -0.3 is 10.6 Å². The molecule has 30 heavy (non-hydrogen) atoms. The monoisotopic (exact) mass is 402 g/mol. The number of ketones is 1. The van der Waals surface area contributed by atoms with Crippen molar-refractivity contribution in [3.63, 3.8) is 0 Å². The van der Waals surface area contributed by atoms with Crippen molar-refractivity contribution in [1.29, 1.82) is 0 Å². The van der Waals surface area contributed by atoms with E-state index >= 15 is 0 Å². The van der Waals surface area contributed by atoms with Crippen molar-refractivity contribution < 1.29 is 14.4 Å². The molecule has 0 spiro atoms. The van der Waals surface area contributed by atoms with Crippen LogP contribution in [0.3, 0.4) is 0 Å². The number of rotatable bonds is 4. The summed E-state index contributed by atoms with van der Waals surface area (Å²) in [5.74, 6) is 0.219. The minimum absolute atomic E-state index is 0.0741. The summed E-state index contributed by atoms with van der Waals surface area (Å²) in [7, 11) is 0. The Labute approximate surface area is 176 Å². The molecule has 1 aliphatic rings. The third kappa shape index (κ3) is 5.77. The van der Waals surface area contributed by atoms with Gasteiger partial charge in [0.1, 0.15) is 0 Å². The first-order valence-electron chi connectivity index (χ1n) is 10.0. The summed E-state index contributed by atoms with van der Waals surface area (Å²) in [6, 6.07) is 14.9. The molecule has 2 amide bonds. The van der Waals surface area contributed by atoms with E-state index in [9.17, 15) is 14.4 Å². The molecule has 0 saturated heterocycles. The minimum atomic E-state index is -0.114. The number of allylic oxidation sites excluding steroid dienone is 2. The van der Waals surface area contributed by atoms with Gasteiger partial charge in [0.15, 0.2) is 5.78 Å². The van der Waals surface area contributed by atoms with E-state index in [0.29, 0.717) is 5.92 Å². The summed E-state index contributed by atoms with van der Waals surface area (Å²) in [5.41, 5.74) is 4.91. The topological polar surface area (TPSA) is 75.3 Å². The van der Waals surface area contributed by atoms with Gasteiger partial charge in [0, 0.05) is 36.4 Å². The molecular formula is C25H26N2O3. The SMILES string of the molecule is CC(=O)Nc1ccc(/C=C2/CC(C)C/C(=C/c3ccc(NC(C)=O)cc3)C2=O)cc1. The average Bonchev–Trinajstić information content (AvgIpc) is 2.67. The lowest BCUT2D eigenvalue weighted by molar-refractivity contribution is -0.115. The average molecular weight is 402 g/mol. The molecule has 0 unspecified atom stereocenters. The molecule has 0 atom stereocenters. The van der Waals surface area contributed by atoms with Gasteiger partial charge in [0.25, 0.3) is 0 Å². The fourth-order valence-electron chi connectivity index (χ4n) is 3.60. The number of nitrogens with one attached hydrogen (secondary N) is 2. The normalized spacial score (nSPS) is 19.0. The zero-order chi connectivity index (χ0) is 21.7. The van der Waals surface area contributed by atoms with Gasteiger partial charge in [0.2, 0.25) is 11.8 Å². The number of hydrogen-bond donors (Lipinski definition) is 2. The molecule has 2 N–H and O–H groups in total. The molecule has 1 aliphatic carbocycles. The number of carbonyl (C=O) groups excluding carboxylic acids is 3. The van der Waals surface area contributed by atoms with E-state index in [4.69, 9.17) is 0 Å². The van der Waals surface area contributed by atoms with Crippen molar-refractivity contribution in [3.05, 3.63) is 70.8 Å². The summed E-state index contributed by atoms with van der Waals surface area (Å²) in [6.45, 7) is 5.09. The molecule has 154 valence electrons. The van der Waals surface area contributed by atoms with Crippen LogP contribution in [0, 0.1) is 5.92 Å². The van der Waals surface area contributed by atoms with Gasteiger partial charge in [-0.3, -0.25) is 14.4 Å². The fourth-order valence-corrected chi connectivity index (χ4v) is 3.60. The Bertz CT molecular complexity index is 934. The highest BCUT2D eigenvalue weighted by Crippen LogP contribution is 2.32. The summed E-state index contributed by atoms with van der Waals surface area (Å²) in [4.78, 5) is 35.4. The third-order valence-electron chi connectivity index (χ3n) is 4.86. The molecule has 0 bridgehead atoms. The van der Waals surface area contributed by atoms with Crippen LogP contribution < -0.4 is 10.6 Å². The highest BCUT2D eigenvalue weighted by atomic mass is 16.2. The Morgan fingerprint density at radius 1 is 0.767 bits per heavy atom. The highest BCUT2D eigenvalue weighted by molar-refractivity contribution is 6.14. The number of Topliss-reactive ketones (excluding diaryl/α,β-unsaturated/α-hetero) is 1. The lowest BCUT2D eigenvalue weighted by atomic mass is 9.81. The molecule has 5 heteroatoms. The molecular weight excluding hydrogens is 376 g/mol. The first-order chi connectivity index (χ1) is 14.3. The van der Waals surface area contributed by atoms with E-state index < -0.39 is 0 Å². The summed E-state index contributed by atoms with van der Waals surface area (Å²) in [5, 5.41) is 5.48. The van der Waals surface area contributed by atoms with Crippen LogP contribution in [0.1, 0.15) is 44.7 Å². The van der Waals surface area contributed by atoms with Crippen LogP contribution in [0.15, 0.2) is 59.7 Å². The van der Waals surface area contributed by atoms with E-state index in [1.807, 2.05) is 60.7 Å². The van der Waals surface area contributed by atoms with E-state index in [1.165, 1.54) is 13.8 Å². The predicted molar refractivity (Wildman–Crippen MR) is 121 cm³/mol. The Hall–Kier alpha value is -3.47. The van der Waals surface area contributed by atoms with Gasteiger partial charge >= 0.3 is 0 Å².